The van der Waals surface area contributed by atoms with Crippen molar-refractivity contribution in [2.24, 2.45) is 0 Å². The molecule has 27 heavy (non-hydrogen) atoms. The Hall–Kier alpha value is -2.67. The lowest BCUT2D eigenvalue weighted by atomic mass is 10.1. The van der Waals surface area contributed by atoms with Crippen molar-refractivity contribution in [3.05, 3.63) is 52.5 Å². The summed E-state index contributed by atoms with van der Waals surface area (Å²) in [6, 6.07) is 11.7. The van der Waals surface area contributed by atoms with Gasteiger partial charge < -0.3 is 14.2 Å². The number of amides is 1. The minimum Gasteiger partial charge on any atom is -0.493 e. The van der Waals surface area contributed by atoms with E-state index in [9.17, 15) is 4.79 Å². The lowest BCUT2D eigenvalue weighted by Crippen LogP contribution is -2.27. The predicted octanol–water partition coefficient (Wildman–Crippen LogP) is 3.76. The molecule has 1 fully saturated rings. The second-order valence-electron chi connectivity index (χ2n) is 6.46. The monoisotopic (exact) mass is 383 g/mol. The number of rotatable bonds is 7. The third kappa shape index (κ3) is 3.88. The van der Waals surface area contributed by atoms with Gasteiger partial charge in [0, 0.05) is 30.3 Å². The molecule has 3 aromatic rings. The van der Waals surface area contributed by atoms with Crippen molar-refractivity contribution < 1.29 is 14.1 Å². The van der Waals surface area contributed by atoms with Gasteiger partial charge >= 0.3 is 0 Å². The van der Waals surface area contributed by atoms with Crippen LogP contribution in [0, 0.1) is 0 Å². The van der Waals surface area contributed by atoms with Crippen LogP contribution in [-0.4, -0.2) is 40.6 Å². The molecule has 0 radical (unpaired) electrons. The van der Waals surface area contributed by atoms with Crippen LogP contribution in [0.5, 0.6) is 5.75 Å². The molecule has 0 aliphatic carbocycles. The Bertz CT molecular complexity index is 907. The van der Waals surface area contributed by atoms with Crippen molar-refractivity contribution in [3.63, 3.8) is 0 Å². The van der Waals surface area contributed by atoms with Crippen molar-refractivity contribution in [3.8, 4) is 17.2 Å². The summed E-state index contributed by atoms with van der Waals surface area (Å²) in [5, 5.41) is 6.20. The number of benzene rings is 1. The molecule has 6 nitrogen and oxygen atoms in total. The summed E-state index contributed by atoms with van der Waals surface area (Å²) in [6.07, 6.45) is 1.31. The second-order valence-corrected chi connectivity index (χ2v) is 7.49. The van der Waals surface area contributed by atoms with Gasteiger partial charge in [-0.05, 0) is 36.9 Å². The number of aromatic nitrogens is 2. The Kier molecular flexibility index (Phi) is 5.20. The molecule has 1 aromatic carbocycles. The number of carbonyl (C=O) groups excluding carboxylic acids is 1. The Morgan fingerprint density at radius 1 is 1.30 bits per heavy atom. The predicted molar refractivity (Wildman–Crippen MR) is 103 cm³/mol. The first-order chi connectivity index (χ1) is 13.2. The lowest BCUT2D eigenvalue weighted by molar-refractivity contribution is -0.127. The zero-order valence-corrected chi connectivity index (χ0v) is 15.9. The Balaban J connectivity index is 1.45. The number of thiophene rings is 1. The van der Waals surface area contributed by atoms with Crippen LogP contribution in [-0.2, 0) is 11.2 Å². The van der Waals surface area contributed by atoms with Crippen LogP contribution in [0.3, 0.4) is 0 Å². The molecule has 0 bridgehead atoms. The van der Waals surface area contributed by atoms with E-state index in [-0.39, 0.29) is 11.8 Å². The molecule has 1 aliphatic heterocycles. The molecule has 0 spiro atoms. The SMILES string of the molecule is CCOc1ccccc1-c1nc(C2CC(=O)N(CCc3cccs3)C2)no1. The summed E-state index contributed by atoms with van der Waals surface area (Å²) in [5.74, 6) is 1.85. The van der Waals surface area contributed by atoms with Crippen molar-refractivity contribution in [1.29, 1.82) is 0 Å². The Morgan fingerprint density at radius 3 is 3.00 bits per heavy atom. The van der Waals surface area contributed by atoms with Gasteiger partial charge in [0.1, 0.15) is 5.75 Å². The highest BCUT2D eigenvalue weighted by Gasteiger charge is 2.33. The number of para-hydroxylation sites is 1. The van der Waals surface area contributed by atoms with E-state index < -0.39 is 0 Å². The summed E-state index contributed by atoms with van der Waals surface area (Å²) in [5.41, 5.74) is 0.775. The topological polar surface area (TPSA) is 68.5 Å². The first kappa shape index (κ1) is 17.7. The molecule has 1 unspecified atom stereocenters. The van der Waals surface area contributed by atoms with Gasteiger partial charge in [-0.15, -0.1) is 11.3 Å². The van der Waals surface area contributed by atoms with Gasteiger partial charge in [0.15, 0.2) is 5.82 Å². The minimum absolute atomic E-state index is 0.0300. The average Bonchev–Trinajstić information content (AvgIpc) is 3.42. The van der Waals surface area contributed by atoms with Crippen LogP contribution < -0.4 is 4.74 Å². The van der Waals surface area contributed by atoms with Gasteiger partial charge in [0.05, 0.1) is 12.2 Å². The second kappa shape index (κ2) is 7.92. The van der Waals surface area contributed by atoms with Crippen LogP contribution in [0.25, 0.3) is 11.5 Å². The molecule has 1 aliphatic rings. The number of carbonyl (C=O) groups is 1. The number of hydrogen-bond donors (Lipinski definition) is 0. The van der Waals surface area contributed by atoms with E-state index in [1.807, 2.05) is 42.2 Å². The molecule has 3 heterocycles. The van der Waals surface area contributed by atoms with Crippen LogP contribution in [0.4, 0.5) is 0 Å². The maximum absolute atomic E-state index is 12.4. The van der Waals surface area contributed by atoms with Crippen LogP contribution in [0.2, 0.25) is 0 Å². The summed E-state index contributed by atoms with van der Waals surface area (Å²) < 4.78 is 11.1. The number of ether oxygens (including phenoxy) is 1. The van der Waals surface area contributed by atoms with Gasteiger partial charge in [-0.3, -0.25) is 4.79 Å². The highest BCUT2D eigenvalue weighted by molar-refractivity contribution is 7.09. The zero-order valence-electron chi connectivity index (χ0n) is 15.1. The van der Waals surface area contributed by atoms with Crippen molar-refractivity contribution in [1.82, 2.24) is 15.0 Å². The lowest BCUT2D eigenvalue weighted by Gasteiger charge is -2.15. The van der Waals surface area contributed by atoms with Crippen LogP contribution >= 0.6 is 11.3 Å². The molecule has 7 heteroatoms. The first-order valence-electron chi connectivity index (χ1n) is 9.10. The molecule has 2 aromatic heterocycles. The highest BCUT2D eigenvalue weighted by atomic mass is 32.1. The Labute approximate surface area is 161 Å². The third-order valence-electron chi connectivity index (χ3n) is 4.65. The molecular weight excluding hydrogens is 362 g/mol. The van der Waals surface area contributed by atoms with Crippen molar-refractivity contribution in [2.45, 2.75) is 25.7 Å². The van der Waals surface area contributed by atoms with Gasteiger partial charge in [-0.2, -0.15) is 4.98 Å². The molecule has 1 saturated heterocycles. The third-order valence-corrected chi connectivity index (χ3v) is 5.58. The van der Waals surface area contributed by atoms with E-state index in [2.05, 4.69) is 21.6 Å². The van der Waals surface area contributed by atoms with E-state index in [1.54, 1.807) is 11.3 Å². The first-order valence-corrected chi connectivity index (χ1v) is 9.98. The highest BCUT2D eigenvalue weighted by Crippen LogP contribution is 2.32. The van der Waals surface area contributed by atoms with Gasteiger partial charge in [0.2, 0.25) is 5.91 Å². The standard InChI is InChI=1S/C20H21N3O3S/c1-2-25-17-8-4-3-7-16(17)20-21-19(22-26-20)14-12-18(24)23(13-14)10-9-15-6-5-11-27-15/h3-8,11,14H,2,9-10,12-13H2,1H3. The van der Waals surface area contributed by atoms with Crippen LogP contribution in [0.1, 0.15) is 30.0 Å². The summed E-state index contributed by atoms with van der Waals surface area (Å²) >= 11 is 1.72. The average molecular weight is 383 g/mol. The summed E-state index contributed by atoms with van der Waals surface area (Å²) in [4.78, 5) is 20.1. The van der Waals surface area contributed by atoms with Gasteiger partial charge in [-0.1, -0.05) is 23.4 Å². The maximum atomic E-state index is 12.4. The summed E-state index contributed by atoms with van der Waals surface area (Å²) in [7, 11) is 0. The fourth-order valence-corrected chi connectivity index (χ4v) is 3.99. The molecule has 1 amide bonds. The smallest absolute Gasteiger partial charge is 0.261 e. The molecule has 4 rings (SSSR count). The summed E-state index contributed by atoms with van der Waals surface area (Å²) in [6.45, 7) is 3.86. The largest absolute Gasteiger partial charge is 0.493 e. The molecular formula is C20H21N3O3S. The zero-order chi connectivity index (χ0) is 18.6. The Morgan fingerprint density at radius 2 is 2.19 bits per heavy atom. The number of nitrogens with zero attached hydrogens (tertiary/aromatic N) is 3. The van der Waals surface area contributed by atoms with E-state index >= 15 is 0 Å². The molecule has 1 atom stereocenters. The molecule has 0 saturated carbocycles. The van der Waals surface area contributed by atoms with Crippen molar-refractivity contribution >= 4 is 17.2 Å². The number of hydrogen-bond acceptors (Lipinski definition) is 6. The van der Waals surface area contributed by atoms with Gasteiger partial charge in [-0.25, -0.2) is 0 Å². The number of likely N-dealkylation sites (tertiary alicyclic amines) is 1. The minimum atomic E-state index is -0.0300. The van der Waals surface area contributed by atoms with E-state index in [0.717, 1.165) is 24.3 Å². The fraction of sp³-hybridized carbons (Fsp3) is 0.350. The molecule has 0 N–H and O–H groups in total. The maximum Gasteiger partial charge on any atom is 0.261 e. The van der Waals surface area contributed by atoms with Crippen LogP contribution in [0.15, 0.2) is 46.3 Å². The fourth-order valence-electron chi connectivity index (χ4n) is 3.30. The molecule has 140 valence electrons. The van der Waals surface area contributed by atoms with E-state index in [1.165, 1.54) is 4.88 Å². The van der Waals surface area contributed by atoms with E-state index in [4.69, 9.17) is 9.26 Å². The van der Waals surface area contributed by atoms with E-state index in [0.29, 0.717) is 31.3 Å². The van der Waals surface area contributed by atoms with Gasteiger partial charge in [0.25, 0.3) is 5.89 Å². The quantitative estimate of drug-likeness (QED) is 0.621. The normalized spacial score (nSPS) is 16.9. The van der Waals surface area contributed by atoms with Crippen molar-refractivity contribution in [2.75, 3.05) is 19.7 Å².